The minimum absolute atomic E-state index is 0.306. The normalized spacial score (nSPS) is 10.2. The fourth-order valence-corrected chi connectivity index (χ4v) is 2.90. The van der Waals surface area contributed by atoms with Gasteiger partial charge in [0.05, 0.1) is 12.8 Å². The van der Waals surface area contributed by atoms with Gasteiger partial charge in [-0.15, -0.1) is 11.3 Å². The summed E-state index contributed by atoms with van der Waals surface area (Å²) in [5.41, 5.74) is 3.57. The van der Waals surface area contributed by atoms with E-state index in [-0.39, 0.29) is 6.03 Å². The van der Waals surface area contributed by atoms with Crippen LogP contribution >= 0.6 is 11.3 Å². The average molecular weight is 339 g/mol. The summed E-state index contributed by atoms with van der Waals surface area (Å²) in [5.74, 6) is 0.796. The monoisotopic (exact) mass is 339 g/mol. The van der Waals surface area contributed by atoms with Gasteiger partial charge in [0.1, 0.15) is 5.75 Å². The van der Waals surface area contributed by atoms with E-state index in [4.69, 9.17) is 4.74 Å². The molecule has 0 fully saturated rings. The van der Waals surface area contributed by atoms with Gasteiger partial charge in [-0.2, -0.15) is 0 Å². The maximum Gasteiger partial charge on any atom is 0.325 e. The summed E-state index contributed by atoms with van der Waals surface area (Å²) in [7, 11) is 1.63. The predicted molar refractivity (Wildman–Crippen MR) is 97.9 cm³/mol. The predicted octanol–water partition coefficient (Wildman–Crippen LogP) is 4.77. The molecule has 1 aromatic heterocycles. The van der Waals surface area contributed by atoms with Gasteiger partial charge >= 0.3 is 6.03 Å². The Morgan fingerprint density at radius 1 is 1.08 bits per heavy atom. The molecule has 24 heavy (non-hydrogen) atoms. The number of thiazole rings is 1. The van der Waals surface area contributed by atoms with Gasteiger partial charge in [-0.1, -0.05) is 18.2 Å². The van der Waals surface area contributed by atoms with Crippen LogP contribution in [0.5, 0.6) is 5.75 Å². The number of carbonyl (C=O) groups excluding carboxylic acids is 1. The minimum atomic E-state index is -0.306. The molecule has 0 aliphatic heterocycles. The molecule has 0 aliphatic rings. The van der Waals surface area contributed by atoms with Crippen molar-refractivity contribution in [2.75, 3.05) is 17.7 Å². The number of hydrogen-bond acceptors (Lipinski definition) is 4. The van der Waals surface area contributed by atoms with E-state index in [0.717, 1.165) is 28.3 Å². The molecule has 0 radical (unpaired) electrons. The second-order valence-corrected chi connectivity index (χ2v) is 6.02. The lowest BCUT2D eigenvalue weighted by Gasteiger charge is -2.07. The highest BCUT2D eigenvalue weighted by atomic mass is 32.1. The number of amides is 2. The van der Waals surface area contributed by atoms with Crippen LogP contribution in [0.4, 0.5) is 15.6 Å². The van der Waals surface area contributed by atoms with Gasteiger partial charge in [0, 0.05) is 16.6 Å². The topological polar surface area (TPSA) is 63.2 Å². The lowest BCUT2D eigenvalue weighted by molar-refractivity contribution is 0.262. The quantitative estimate of drug-likeness (QED) is 0.719. The molecule has 2 amide bonds. The Labute approximate surface area is 144 Å². The van der Waals surface area contributed by atoms with Crippen LogP contribution in [-0.2, 0) is 0 Å². The summed E-state index contributed by atoms with van der Waals surface area (Å²) in [4.78, 5) is 16.5. The molecule has 0 bridgehead atoms. The number of nitrogens with one attached hydrogen (secondary N) is 2. The molecule has 3 rings (SSSR count). The number of ether oxygens (including phenoxy) is 1. The summed E-state index contributed by atoms with van der Waals surface area (Å²) < 4.78 is 5.15. The van der Waals surface area contributed by atoms with Crippen LogP contribution in [0.25, 0.3) is 11.3 Å². The summed E-state index contributed by atoms with van der Waals surface area (Å²) in [6.07, 6.45) is 0. The molecular weight excluding hydrogens is 322 g/mol. The number of rotatable bonds is 4. The first kappa shape index (κ1) is 16.0. The number of methoxy groups -OCH3 is 1. The van der Waals surface area contributed by atoms with E-state index in [2.05, 4.69) is 15.6 Å². The van der Waals surface area contributed by atoms with E-state index in [1.165, 1.54) is 11.3 Å². The molecule has 1 heterocycles. The molecular formula is C18H17N3O2S. The Morgan fingerprint density at radius 3 is 2.54 bits per heavy atom. The molecule has 0 atom stereocenters. The first-order chi connectivity index (χ1) is 11.7. The highest BCUT2D eigenvalue weighted by Crippen LogP contribution is 2.26. The van der Waals surface area contributed by atoms with Crippen LogP contribution in [0.2, 0.25) is 0 Å². The van der Waals surface area contributed by atoms with Crippen molar-refractivity contribution >= 4 is 28.2 Å². The fraction of sp³-hybridized carbons (Fsp3) is 0.111. The van der Waals surface area contributed by atoms with Crippen LogP contribution in [0.3, 0.4) is 0 Å². The second-order valence-electron chi connectivity index (χ2n) is 5.16. The third kappa shape index (κ3) is 3.72. The van der Waals surface area contributed by atoms with E-state index in [1.807, 2.05) is 60.8 Å². The number of hydrogen-bond donors (Lipinski definition) is 2. The molecule has 0 unspecified atom stereocenters. The van der Waals surface area contributed by atoms with E-state index in [9.17, 15) is 4.79 Å². The standard InChI is InChI=1S/C18H17N3O2S/c1-12-5-3-4-6-15(12)19-17(22)21-18-20-16(11-24-18)13-7-9-14(23-2)10-8-13/h3-11H,1-2H3,(H2,19,20,21,22). The van der Waals surface area contributed by atoms with Gasteiger partial charge in [0.25, 0.3) is 0 Å². The molecule has 5 nitrogen and oxygen atoms in total. The van der Waals surface area contributed by atoms with Crippen LogP contribution in [0, 0.1) is 6.92 Å². The number of aryl methyl sites for hydroxylation is 1. The molecule has 2 aromatic carbocycles. The number of benzene rings is 2. The first-order valence-corrected chi connectivity index (χ1v) is 8.27. The van der Waals surface area contributed by atoms with Crippen molar-refractivity contribution in [3.63, 3.8) is 0 Å². The van der Waals surface area contributed by atoms with Gasteiger partial charge < -0.3 is 10.1 Å². The van der Waals surface area contributed by atoms with Crippen LogP contribution in [-0.4, -0.2) is 18.1 Å². The molecule has 2 N–H and O–H groups in total. The fourth-order valence-electron chi connectivity index (χ4n) is 2.19. The van der Waals surface area contributed by atoms with Crippen molar-refractivity contribution in [1.82, 2.24) is 4.98 Å². The van der Waals surface area contributed by atoms with E-state index >= 15 is 0 Å². The summed E-state index contributed by atoms with van der Waals surface area (Å²) in [6, 6.07) is 14.9. The van der Waals surface area contributed by atoms with Crippen molar-refractivity contribution in [2.45, 2.75) is 6.92 Å². The SMILES string of the molecule is COc1ccc(-c2csc(NC(=O)Nc3ccccc3C)n2)cc1. The zero-order chi connectivity index (χ0) is 16.9. The number of aromatic nitrogens is 1. The van der Waals surface area contributed by atoms with Crippen molar-refractivity contribution in [3.8, 4) is 17.0 Å². The number of nitrogens with zero attached hydrogens (tertiary/aromatic N) is 1. The molecule has 0 saturated carbocycles. The highest BCUT2D eigenvalue weighted by Gasteiger charge is 2.09. The van der Waals surface area contributed by atoms with Crippen LogP contribution in [0.1, 0.15) is 5.56 Å². The van der Waals surface area contributed by atoms with Crippen molar-refractivity contribution in [2.24, 2.45) is 0 Å². The third-order valence-corrected chi connectivity index (χ3v) is 4.26. The summed E-state index contributed by atoms with van der Waals surface area (Å²) in [6.45, 7) is 1.95. The number of carbonyl (C=O) groups is 1. The molecule has 0 aliphatic carbocycles. The molecule has 122 valence electrons. The maximum absolute atomic E-state index is 12.1. The van der Waals surface area contributed by atoms with Gasteiger partial charge in [-0.05, 0) is 42.8 Å². The highest BCUT2D eigenvalue weighted by molar-refractivity contribution is 7.14. The van der Waals surface area contributed by atoms with E-state index < -0.39 is 0 Å². The Hall–Kier alpha value is -2.86. The van der Waals surface area contributed by atoms with Crippen molar-refractivity contribution < 1.29 is 9.53 Å². The first-order valence-electron chi connectivity index (χ1n) is 7.39. The van der Waals surface area contributed by atoms with Crippen molar-refractivity contribution in [1.29, 1.82) is 0 Å². The zero-order valence-electron chi connectivity index (χ0n) is 13.4. The third-order valence-electron chi connectivity index (χ3n) is 3.50. The summed E-state index contributed by atoms with van der Waals surface area (Å²) in [5, 5.41) is 8.04. The van der Waals surface area contributed by atoms with Gasteiger partial charge in [-0.25, -0.2) is 9.78 Å². The van der Waals surface area contributed by atoms with Crippen molar-refractivity contribution in [3.05, 3.63) is 59.5 Å². The molecule has 3 aromatic rings. The van der Waals surface area contributed by atoms with Crippen LogP contribution in [0.15, 0.2) is 53.9 Å². The zero-order valence-corrected chi connectivity index (χ0v) is 14.2. The Morgan fingerprint density at radius 2 is 1.83 bits per heavy atom. The Kier molecular flexibility index (Phi) is 4.77. The smallest absolute Gasteiger partial charge is 0.325 e. The average Bonchev–Trinajstić information content (AvgIpc) is 3.05. The van der Waals surface area contributed by atoms with E-state index in [1.54, 1.807) is 7.11 Å². The molecule has 0 spiro atoms. The Bertz CT molecular complexity index is 843. The molecule has 0 saturated heterocycles. The minimum Gasteiger partial charge on any atom is -0.497 e. The van der Waals surface area contributed by atoms with Gasteiger partial charge in [0.2, 0.25) is 0 Å². The van der Waals surface area contributed by atoms with E-state index in [0.29, 0.717) is 5.13 Å². The number of para-hydroxylation sites is 1. The largest absolute Gasteiger partial charge is 0.497 e. The maximum atomic E-state index is 12.1. The van der Waals surface area contributed by atoms with Gasteiger partial charge in [0.15, 0.2) is 5.13 Å². The molecule has 6 heteroatoms. The number of anilines is 2. The lowest BCUT2D eigenvalue weighted by atomic mass is 10.2. The second kappa shape index (κ2) is 7.14. The van der Waals surface area contributed by atoms with Gasteiger partial charge in [-0.3, -0.25) is 5.32 Å². The summed E-state index contributed by atoms with van der Waals surface area (Å²) >= 11 is 1.38. The Balaban J connectivity index is 1.67. The lowest BCUT2D eigenvalue weighted by Crippen LogP contribution is -2.19. The number of urea groups is 1. The van der Waals surface area contributed by atoms with Crippen LogP contribution < -0.4 is 15.4 Å².